The molecule has 112 valence electrons. The van der Waals surface area contributed by atoms with Crippen molar-refractivity contribution >= 4 is 29.9 Å². The van der Waals surface area contributed by atoms with Crippen LogP contribution in [0.1, 0.15) is 32.3 Å². The maximum absolute atomic E-state index is 11.4. The number of nitrogens with two attached hydrogens (primary N) is 1. The molecular weight excluding hydrogens is 278 g/mol. The monoisotopic (exact) mass is 299 g/mol. The first-order valence-electron chi connectivity index (χ1n) is 6.45. The number of hydrogen-bond donors (Lipinski definition) is 3. The van der Waals surface area contributed by atoms with Crippen molar-refractivity contribution in [1.82, 2.24) is 5.32 Å². The average molecular weight is 300 g/mol. The van der Waals surface area contributed by atoms with Crippen LogP contribution in [0.25, 0.3) is 0 Å². The van der Waals surface area contributed by atoms with Crippen molar-refractivity contribution in [2.24, 2.45) is 5.73 Å². The maximum atomic E-state index is 11.4. The van der Waals surface area contributed by atoms with Crippen LogP contribution >= 0.6 is 12.4 Å². The Morgan fingerprint density at radius 3 is 2.35 bits per heavy atom. The lowest BCUT2D eigenvalue weighted by Gasteiger charge is -2.09. The third kappa shape index (κ3) is 6.54. The van der Waals surface area contributed by atoms with Crippen LogP contribution in [0.2, 0.25) is 0 Å². The van der Waals surface area contributed by atoms with Crippen LogP contribution in [0.4, 0.5) is 5.69 Å². The molecule has 4 N–H and O–H groups in total. The topological polar surface area (TPSA) is 84.2 Å². The summed E-state index contributed by atoms with van der Waals surface area (Å²) in [5.41, 5.74) is 7.17. The zero-order valence-electron chi connectivity index (χ0n) is 11.8. The number of benzene rings is 1. The fraction of sp³-hybridized carbons (Fsp3) is 0.429. The van der Waals surface area contributed by atoms with Crippen LogP contribution in [0.5, 0.6) is 0 Å². The number of carbonyl (C=O) groups excluding carboxylic acids is 2. The predicted octanol–water partition coefficient (Wildman–Crippen LogP) is 1.81. The highest BCUT2D eigenvalue weighted by atomic mass is 35.5. The molecule has 1 atom stereocenters. The number of amides is 2. The lowest BCUT2D eigenvalue weighted by Crippen LogP contribution is -2.37. The minimum Gasteiger partial charge on any atom is -0.351 e. The first-order chi connectivity index (χ1) is 9.02. The van der Waals surface area contributed by atoms with E-state index in [-0.39, 0.29) is 24.2 Å². The normalized spacial score (nSPS) is 11.2. The van der Waals surface area contributed by atoms with E-state index in [1.165, 1.54) is 0 Å². The highest BCUT2D eigenvalue weighted by molar-refractivity contribution is 5.90. The van der Waals surface area contributed by atoms with Crippen molar-refractivity contribution in [3.63, 3.8) is 0 Å². The molecule has 0 aliphatic heterocycles. The first kappa shape index (κ1) is 18.4. The Hall–Kier alpha value is -1.59. The molecule has 20 heavy (non-hydrogen) atoms. The largest absolute Gasteiger partial charge is 0.351 e. The Balaban J connectivity index is 0.00000361. The van der Waals surface area contributed by atoms with Crippen molar-refractivity contribution in [3.05, 3.63) is 29.8 Å². The Kier molecular flexibility index (Phi) is 8.59. The summed E-state index contributed by atoms with van der Waals surface area (Å²) < 4.78 is 0. The van der Waals surface area contributed by atoms with Gasteiger partial charge < -0.3 is 16.4 Å². The van der Waals surface area contributed by atoms with E-state index in [1.54, 1.807) is 6.92 Å². The van der Waals surface area contributed by atoms with Gasteiger partial charge in [-0.1, -0.05) is 19.1 Å². The van der Waals surface area contributed by atoms with Gasteiger partial charge in [-0.3, -0.25) is 9.59 Å². The highest BCUT2D eigenvalue weighted by Gasteiger charge is 2.06. The van der Waals surface area contributed by atoms with E-state index in [9.17, 15) is 9.59 Å². The van der Waals surface area contributed by atoms with Gasteiger partial charge in [-0.2, -0.15) is 0 Å². The van der Waals surface area contributed by atoms with Crippen LogP contribution in [0.3, 0.4) is 0 Å². The molecule has 0 heterocycles. The predicted molar refractivity (Wildman–Crippen MR) is 82.7 cm³/mol. The average Bonchev–Trinajstić information content (AvgIpc) is 2.37. The molecule has 0 saturated heterocycles. The number of hydrogen-bond acceptors (Lipinski definition) is 3. The molecule has 6 heteroatoms. The van der Waals surface area contributed by atoms with E-state index in [1.807, 2.05) is 31.2 Å². The summed E-state index contributed by atoms with van der Waals surface area (Å²) in [6.45, 7) is 4.04. The fourth-order valence-electron chi connectivity index (χ4n) is 1.51. The van der Waals surface area contributed by atoms with Crippen molar-refractivity contribution < 1.29 is 9.59 Å². The summed E-state index contributed by atoms with van der Waals surface area (Å²) in [6, 6.07) is 6.86. The molecule has 5 nitrogen and oxygen atoms in total. The highest BCUT2D eigenvalue weighted by Crippen LogP contribution is 2.10. The molecule has 0 spiro atoms. The number of rotatable bonds is 6. The smallest absolute Gasteiger partial charge is 0.236 e. The number of nitrogens with one attached hydrogen (secondary N) is 2. The van der Waals surface area contributed by atoms with Crippen molar-refractivity contribution in [2.75, 3.05) is 5.32 Å². The van der Waals surface area contributed by atoms with Gasteiger partial charge >= 0.3 is 0 Å². The summed E-state index contributed by atoms with van der Waals surface area (Å²) in [5.74, 6) is -0.166. The summed E-state index contributed by atoms with van der Waals surface area (Å²) in [5, 5.41) is 5.53. The van der Waals surface area contributed by atoms with Gasteiger partial charge in [-0.05, 0) is 31.0 Å². The molecule has 0 saturated carbocycles. The van der Waals surface area contributed by atoms with Crippen LogP contribution in [-0.2, 0) is 16.1 Å². The molecule has 0 aliphatic rings. The van der Waals surface area contributed by atoms with Gasteiger partial charge in [-0.25, -0.2) is 0 Å². The minimum absolute atomic E-state index is 0. The molecule has 1 aromatic rings. The van der Waals surface area contributed by atoms with Crippen molar-refractivity contribution in [3.8, 4) is 0 Å². The molecule has 1 aromatic carbocycles. The molecular formula is C14H22ClN3O2. The minimum atomic E-state index is -0.507. The summed E-state index contributed by atoms with van der Waals surface area (Å²) in [6.07, 6.45) is 1.35. The fourth-order valence-corrected chi connectivity index (χ4v) is 1.51. The third-order valence-corrected chi connectivity index (χ3v) is 2.60. The van der Waals surface area contributed by atoms with Gasteiger partial charge in [0.2, 0.25) is 11.8 Å². The summed E-state index contributed by atoms with van der Waals surface area (Å²) >= 11 is 0. The lowest BCUT2D eigenvalue weighted by molar-refractivity contribution is -0.122. The second-order valence-electron chi connectivity index (χ2n) is 4.50. The van der Waals surface area contributed by atoms with Crippen LogP contribution in [0, 0.1) is 0 Å². The van der Waals surface area contributed by atoms with E-state index in [0.717, 1.165) is 17.7 Å². The van der Waals surface area contributed by atoms with E-state index in [0.29, 0.717) is 13.0 Å². The molecule has 1 rings (SSSR count). The van der Waals surface area contributed by atoms with Gasteiger partial charge in [0.05, 0.1) is 6.04 Å². The zero-order chi connectivity index (χ0) is 14.3. The maximum Gasteiger partial charge on any atom is 0.236 e. The van der Waals surface area contributed by atoms with Gasteiger partial charge in [-0.15, -0.1) is 12.4 Å². The molecule has 0 fully saturated rings. The molecule has 0 bridgehead atoms. The van der Waals surface area contributed by atoms with Gasteiger partial charge in [0.25, 0.3) is 0 Å². The molecule has 2 amide bonds. The Bertz CT molecular complexity index is 433. The lowest BCUT2D eigenvalue weighted by atomic mass is 10.2. The molecule has 0 radical (unpaired) electrons. The van der Waals surface area contributed by atoms with E-state index >= 15 is 0 Å². The Morgan fingerprint density at radius 2 is 1.85 bits per heavy atom. The number of carbonyl (C=O) groups is 2. The second kappa shape index (κ2) is 9.34. The van der Waals surface area contributed by atoms with E-state index < -0.39 is 6.04 Å². The first-order valence-corrected chi connectivity index (χ1v) is 6.45. The molecule has 0 aromatic heterocycles. The summed E-state index contributed by atoms with van der Waals surface area (Å²) in [4.78, 5) is 22.7. The third-order valence-electron chi connectivity index (χ3n) is 2.60. The number of anilines is 1. The van der Waals surface area contributed by atoms with E-state index in [4.69, 9.17) is 5.73 Å². The van der Waals surface area contributed by atoms with Crippen LogP contribution in [0.15, 0.2) is 24.3 Å². The SMILES string of the molecule is CCCC(=O)Nc1ccc(CNC(=O)[C@@H](C)N)cc1.Cl. The summed E-state index contributed by atoms with van der Waals surface area (Å²) in [7, 11) is 0. The number of halogens is 1. The van der Waals surface area contributed by atoms with Gasteiger partial charge in [0.15, 0.2) is 0 Å². The quantitative estimate of drug-likeness (QED) is 0.749. The molecule has 0 aliphatic carbocycles. The Labute approximate surface area is 125 Å². The Morgan fingerprint density at radius 1 is 1.25 bits per heavy atom. The van der Waals surface area contributed by atoms with Gasteiger partial charge in [0.1, 0.15) is 0 Å². The second-order valence-corrected chi connectivity index (χ2v) is 4.50. The standard InChI is InChI=1S/C14H21N3O2.ClH/c1-3-4-13(18)17-12-7-5-11(6-8-12)9-16-14(19)10(2)15;/h5-8,10H,3-4,9,15H2,1-2H3,(H,16,19)(H,17,18);1H/t10-;/m1./s1. The zero-order valence-corrected chi connectivity index (χ0v) is 12.6. The van der Waals surface area contributed by atoms with Gasteiger partial charge in [0, 0.05) is 18.7 Å². The van der Waals surface area contributed by atoms with Crippen molar-refractivity contribution in [2.45, 2.75) is 39.3 Å². The van der Waals surface area contributed by atoms with E-state index in [2.05, 4.69) is 10.6 Å². The van der Waals surface area contributed by atoms with Crippen molar-refractivity contribution in [1.29, 1.82) is 0 Å². The van der Waals surface area contributed by atoms with Crippen LogP contribution in [-0.4, -0.2) is 17.9 Å². The molecule has 0 unspecified atom stereocenters. The van der Waals surface area contributed by atoms with Crippen LogP contribution < -0.4 is 16.4 Å².